The molecule has 1 fully saturated rings. The zero-order chi connectivity index (χ0) is 22.6. The molecule has 3 rings (SSSR count). The molecule has 1 saturated heterocycles. The molecule has 170 valence electrons. The van der Waals surface area contributed by atoms with Gasteiger partial charge in [0.2, 0.25) is 5.91 Å². The van der Waals surface area contributed by atoms with Crippen LogP contribution in [0, 0.1) is 0 Å². The van der Waals surface area contributed by atoms with Gasteiger partial charge in [-0.2, -0.15) is 0 Å². The van der Waals surface area contributed by atoms with E-state index < -0.39 is 6.10 Å². The zero-order valence-electron chi connectivity index (χ0n) is 18.9. The minimum atomic E-state index is -0.657. The predicted octanol–water partition coefficient (Wildman–Crippen LogP) is -1.36. The number of hydrogen-bond donors (Lipinski definition) is 3. The van der Waals surface area contributed by atoms with Crippen LogP contribution in [0.5, 0.6) is 5.75 Å². The highest BCUT2D eigenvalue weighted by Gasteiger charge is 2.33. The molecule has 31 heavy (non-hydrogen) atoms. The summed E-state index contributed by atoms with van der Waals surface area (Å²) in [6.45, 7) is 9.54. The molecule has 0 bridgehead atoms. The molecule has 0 aromatic heterocycles. The largest absolute Gasteiger partial charge is 0.477 e. The maximum Gasteiger partial charge on any atom is 0.275 e. The highest BCUT2D eigenvalue weighted by atomic mass is 16.5. The van der Waals surface area contributed by atoms with E-state index in [4.69, 9.17) is 4.74 Å². The maximum atomic E-state index is 13.0. The number of carbonyl (C=O) groups is 3. The molecule has 3 amide bonds. The Labute approximate surface area is 183 Å². The van der Waals surface area contributed by atoms with Crippen LogP contribution in [0.1, 0.15) is 20.8 Å². The van der Waals surface area contributed by atoms with Gasteiger partial charge in [-0.05, 0) is 32.9 Å². The minimum Gasteiger partial charge on any atom is -0.477 e. The van der Waals surface area contributed by atoms with Gasteiger partial charge in [0.05, 0.1) is 45.0 Å². The third-order valence-corrected chi connectivity index (χ3v) is 5.47. The van der Waals surface area contributed by atoms with Crippen molar-refractivity contribution in [2.24, 2.45) is 0 Å². The Morgan fingerprint density at radius 3 is 2.48 bits per heavy atom. The van der Waals surface area contributed by atoms with Crippen molar-refractivity contribution in [2.75, 3.05) is 57.8 Å². The van der Waals surface area contributed by atoms with Crippen molar-refractivity contribution in [1.29, 1.82) is 0 Å². The van der Waals surface area contributed by atoms with E-state index in [1.807, 2.05) is 54.8 Å². The molecule has 0 radical (unpaired) electrons. The van der Waals surface area contributed by atoms with Gasteiger partial charge in [0.1, 0.15) is 5.75 Å². The summed E-state index contributed by atoms with van der Waals surface area (Å²) < 4.78 is 5.81. The van der Waals surface area contributed by atoms with Gasteiger partial charge in [-0.15, -0.1) is 0 Å². The third kappa shape index (κ3) is 6.10. The Balaban J connectivity index is 1.56. The van der Waals surface area contributed by atoms with Crippen LogP contribution >= 0.6 is 0 Å². The van der Waals surface area contributed by atoms with Gasteiger partial charge in [-0.25, -0.2) is 0 Å². The van der Waals surface area contributed by atoms with Crippen LogP contribution in [0.2, 0.25) is 0 Å². The van der Waals surface area contributed by atoms with Crippen molar-refractivity contribution in [3.63, 3.8) is 0 Å². The second kappa shape index (κ2) is 9.55. The molecule has 2 heterocycles. The van der Waals surface area contributed by atoms with E-state index in [1.54, 1.807) is 7.05 Å². The number of hydrogen-bond acceptors (Lipinski definition) is 5. The summed E-state index contributed by atoms with van der Waals surface area (Å²) in [7, 11) is 1.57. The van der Waals surface area contributed by atoms with Crippen molar-refractivity contribution in [1.82, 2.24) is 15.5 Å². The molecule has 1 atom stereocenters. The summed E-state index contributed by atoms with van der Waals surface area (Å²) >= 11 is 0. The fourth-order valence-corrected chi connectivity index (χ4v) is 3.96. The molecule has 3 N–H and O–H groups in total. The molecular weight excluding hydrogens is 398 g/mol. The lowest BCUT2D eigenvalue weighted by Crippen LogP contribution is -3.16. The van der Waals surface area contributed by atoms with Crippen LogP contribution < -0.4 is 25.2 Å². The molecule has 2 aliphatic heterocycles. The lowest BCUT2D eigenvalue weighted by molar-refractivity contribution is -0.896. The first-order valence-electron chi connectivity index (χ1n) is 10.8. The van der Waals surface area contributed by atoms with Crippen molar-refractivity contribution in [3.8, 4) is 5.75 Å². The number of rotatable bonds is 5. The van der Waals surface area contributed by atoms with Crippen LogP contribution in [0.15, 0.2) is 24.3 Å². The topological polar surface area (TPSA) is 95.4 Å². The molecule has 0 spiro atoms. The Kier molecular flexibility index (Phi) is 7.04. The molecule has 0 aliphatic carbocycles. The number of likely N-dealkylation sites (N-methyl/N-ethyl adjacent to an activating group) is 1. The number of piperazine rings is 1. The second-order valence-corrected chi connectivity index (χ2v) is 9.17. The van der Waals surface area contributed by atoms with Crippen LogP contribution in [0.3, 0.4) is 0 Å². The number of nitrogens with zero attached hydrogens (tertiary/aromatic N) is 2. The summed E-state index contributed by atoms with van der Waals surface area (Å²) in [5, 5.41) is 5.61. The van der Waals surface area contributed by atoms with E-state index in [-0.39, 0.29) is 29.8 Å². The van der Waals surface area contributed by atoms with Crippen LogP contribution in [-0.4, -0.2) is 87.1 Å². The van der Waals surface area contributed by atoms with Crippen molar-refractivity contribution in [3.05, 3.63) is 24.3 Å². The summed E-state index contributed by atoms with van der Waals surface area (Å²) in [6, 6.07) is 7.46. The van der Waals surface area contributed by atoms with Gasteiger partial charge in [-0.3, -0.25) is 14.4 Å². The number of nitrogens with one attached hydrogen (secondary N) is 3. The highest BCUT2D eigenvalue weighted by molar-refractivity contribution is 5.86. The maximum absolute atomic E-state index is 13.0. The number of para-hydroxylation sites is 2. The Bertz CT molecular complexity index is 814. The molecule has 2 aliphatic rings. The Morgan fingerprint density at radius 1 is 1.16 bits per heavy atom. The smallest absolute Gasteiger partial charge is 0.275 e. The van der Waals surface area contributed by atoms with Crippen molar-refractivity contribution < 1.29 is 24.0 Å². The zero-order valence-corrected chi connectivity index (χ0v) is 18.9. The average molecular weight is 433 g/mol. The number of amides is 3. The van der Waals surface area contributed by atoms with Crippen LogP contribution in [-0.2, 0) is 14.4 Å². The Morgan fingerprint density at radius 2 is 1.84 bits per heavy atom. The SMILES string of the molecule is CNC(=O)[C@H]1CN(CC(=O)N2CC[NH+](CC(=O)NC(C)(C)C)CC2)c2ccccc2O1. The quantitative estimate of drug-likeness (QED) is 0.534. The van der Waals surface area contributed by atoms with E-state index in [0.717, 1.165) is 18.8 Å². The lowest BCUT2D eigenvalue weighted by atomic mass is 10.1. The number of carbonyl (C=O) groups excluding carboxylic acids is 3. The number of quaternary nitrogens is 1. The monoisotopic (exact) mass is 432 g/mol. The van der Waals surface area contributed by atoms with Gasteiger partial charge in [0, 0.05) is 12.6 Å². The van der Waals surface area contributed by atoms with Crippen LogP contribution in [0.4, 0.5) is 5.69 Å². The van der Waals surface area contributed by atoms with E-state index in [2.05, 4.69) is 10.6 Å². The number of benzene rings is 1. The van der Waals surface area contributed by atoms with Gasteiger partial charge < -0.3 is 30.1 Å². The number of ether oxygens (including phenoxy) is 1. The van der Waals surface area contributed by atoms with Gasteiger partial charge in [0.25, 0.3) is 11.8 Å². The first kappa shape index (κ1) is 22.9. The highest BCUT2D eigenvalue weighted by Crippen LogP contribution is 2.33. The summed E-state index contributed by atoms with van der Waals surface area (Å²) in [4.78, 5) is 42.2. The molecule has 1 aromatic carbocycles. The number of fused-ring (bicyclic) bond motifs is 1. The third-order valence-electron chi connectivity index (χ3n) is 5.47. The summed E-state index contributed by atoms with van der Waals surface area (Å²) in [5.41, 5.74) is 0.578. The second-order valence-electron chi connectivity index (χ2n) is 9.17. The summed E-state index contributed by atoms with van der Waals surface area (Å²) in [6.07, 6.45) is -0.657. The van der Waals surface area contributed by atoms with Crippen molar-refractivity contribution in [2.45, 2.75) is 32.4 Å². The van der Waals surface area contributed by atoms with Gasteiger partial charge >= 0.3 is 0 Å². The average Bonchev–Trinajstić information content (AvgIpc) is 2.72. The fourth-order valence-electron chi connectivity index (χ4n) is 3.96. The summed E-state index contributed by atoms with van der Waals surface area (Å²) in [5.74, 6) is 0.449. The molecule has 1 aromatic rings. The van der Waals surface area contributed by atoms with E-state index in [0.29, 0.717) is 31.9 Å². The molecule has 9 nitrogen and oxygen atoms in total. The standard InChI is InChI=1S/C22H33N5O4/c1-22(2,3)24-19(28)14-25-9-11-26(12-10-25)20(29)15-27-13-18(21(30)23-4)31-17-8-6-5-7-16(17)27/h5-8,18H,9-15H2,1-4H3,(H,23,30)(H,24,28)/p+1/t18-/m1/s1. The first-order valence-corrected chi connectivity index (χ1v) is 10.8. The number of anilines is 1. The van der Waals surface area contributed by atoms with Gasteiger partial charge in [0.15, 0.2) is 12.6 Å². The van der Waals surface area contributed by atoms with E-state index >= 15 is 0 Å². The lowest BCUT2D eigenvalue weighted by Gasteiger charge is -2.37. The predicted molar refractivity (Wildman–Crippen MR) is 117 cm³/mol. The van der Waals surface area contributed by atoms with Crippen molar-refractivity contribution >= 4 is 23.4 Å². The molecule has 0 unspecified atom stereocenters. The molecule has 0 saturated carbocycles. The van der Waals surface area contributed by atoms with E-state index in [1.165, 1.54) is 4.90 Å². The van der Waals surface area contributed by atoms with Gasteiger partial charge in [-0.1, -0.05) is 12.1 Å². The normalized spacial score (nSPS) is 19.3. The van der Waals surface area contributed by atoms with E-state index in [9.17, 15) is 14.4 Å². The first-order chi connectivity index (χ1) is 14.7. The fraction of sp³-hybridized carbons (Fsp3) is 0.591. The minimum absolute atomic E-state index is 0.0190. The molecular formula is C22H34N5O4+. The van der Waals surface area contributed by atoms with Crippen LogP contribution in [0.25, 0.3) is 0 Å². The molecule has 9 heteroatoms. The Hall–Kier alpha value is -2.81.